The van der Waals surface area contributed by atoms with E-state index in [-0.39, 0.29) is 18.1 Å². The number of hydrogen-bond acceptors (Lipinski definition) is 3. The third-order valence-corrected chi connectivity index (χ3v) is 3.27. The van der Waals surface area contributed by atoms with Gasteiger partial charge >= 0.3 is 6.09 Å². The van der Waals surface area contributed by atoms with Crippen LogP contribution in [0.4, 0.5) is 4.79 Å². The van der Waals surface area contributed by atoms with Crippen molar-refractivity contribution in [1.82, 2.24) is 4.90 Å². The number of carbonyl (C=O) groups excluding carboxylic acids is 2. The van der Waals surface area contributed by atoms with E-state index in [1.807, 2.05) is 20.8 Å². The van der Waals surface area contributed by atoms with Gasteiger partial charge in [0.25, 0.3) is 0 Å². The van der Waals surface area contributed by atoms with Crippen molar-refractivity contribution in [3.8, 4) is 0 Å². The molecule has 2 rings (SSSR count). The molecule has 1 heterocycles. The molecular weight excluding hydrogens is 206 g/mol. The number of aldehydes is 1. The van der Waals surface area contributed by atoms with Crippen LogP contribution in [0.25, 0.3) is 0 Å². The Kier molecular flexibility index (Phi) is 2.68. The van der Waals surface area contributed by atoms with Gasteiger partial charge in [-0.25, -0.2) is 4.79 Å². The van der Waals surface area contributed by atoms with E-state index in [0.717, 1.165) is 25.7 Å². The Morgan fingerprint density at radius 2 is 2.12 bits per heavy atom. The van der Waals surface area contributed by atoms with Gasteiger partial charge in [-0.05, 0) is 39.5 Å². The van der Waals surface area contributed by atoms with Crippen LogP contribution in [0.3, 0.4) is 0 Å². The van der Waals surface area contributed by atoms with Crippen LogP contribution in [0.1, 0.15) is 33.6 Å². The van der Waals surface area contributed by atoms with Crippen molar-refractivity contribution in [3.63, 3.8) is 0 Å². The highest BCUT2D eigenvalue weighted by molar-refractivity contribution is 5.72. The summed E-state index contributed by atoms with van der Waals surface area (Å²) < 4.78 is 5.34. The summed E-state index contributed by atoms with van der Waals surface area (Å²) in [5, 5.41) is 0. The van der Waals surface area contributed by atoms with Gasteiger partial charge in [0.2, 0.25) is 0 Å². The second-order valence-electron chi connectivity index (χ2n) is 5.68. The fraction of sp³-hybridized carbons (Fsp3) is 0.833. The second kappa shape index (κ2) is 3.75. The lowest BCUT2D eigenvalue weighted by Crippen LogP contribution is -2.41. The topological polar surface area (TPSA) is 46.6 Å². The molecule has 0 bridgehead atoms. The van der Waals surface area contributed by atoms with Crippen LogP contribution in [0.15, 0.2) is 0 Å². The number of nitrogens with zero attached hydrogens (tertiary/aromatic N) is 1. The molecule has 2 fully saturated rings. The van der Waals surface area contributed by atoms with Crippen molar-refractivity contribution in [2.75, 3.05) is 6.54 Å². The highest BCUT2D eigenvalue weighted by Crippen LogP contribution is 2.48. The third kappa shape index (κ3) is 2.06. The molecule has 0 aromatic rings. The maximum atomic E-state index is 11.9. The highest BCUT2D eigenvalue weighted by Gasteiger charge is 2.56. The van der Waals surface area contributed by atoms with Gasteiger partial charge in [-0.15, -0.1) is 0 Å². The van der Waals surface area contributed by atoms with Crippen LogP contribution in [-0.2, 0) is 9.53 Å². The molecule has 0 radical (unpaired) electrons. The molecule has 0 aromatic carbocycles. The summed E-state index contributed by atoms with van der Waals surface area (Å²) in [7, 11) is 0. The van der Waals surface area contributed by atoms with Gasteiger partial charge in [0.1, 0.15) is 11.9 Å². The minimum absolute atomic E-state index is 0.0509. The molecule has 1 aliphatic carbocycles. The van der Waals surface area contributed by atoms with Gasteiger partial charge < -0.3 is 14.4 Å². The molecule has 90 valence electrons. The Morgan fingerprint density at radius 3 is 2.69 bits per heavy atom. The molecule has 2 aliphatic rings. The molecule has 0 spiro atoms. The largest absolute Gasteiger partial charge is 0.444 e. The van der Waals surface area contributed by atoms with Gasteiger partial charge in [-0.2, -0.15) is 0 Å². The smallest absolute Gasteiger partial charge is 0.410 e. The number of amides is 1. The Bertz CT molecular complexity index is 308. The molecule has 1 aliphatic heterocycles. The minimum atomic E-state index is -0.463. The average molecular weight is 225 g/mol. The molecule has 1 unspecified atom stereocenters. The summed E-state index contributed by atoms with van der Waals surface area (Å²) in [6, 6.07) is 0.112. The Morgan fingerprint density at radius 1 is 1.44 bits per heavy atom. The van der Waals surface area contributed by atoms with E-state index in [4.69, 9.17) is 4.74 Å². The molecule has 0 N–H and O–H groups in total. The van der Waals surface area contributed by atoms with Crippen LogP contribution < -0.4 is 0 Å². The normalized spacial score (nSPS) is 32.9. The van der Waals surface area contributed by atoms with Gasteiger partial charge in [0, 0.05) is 18.5 Å². The number of piperidine rings is 1. The predicted octanol–water partition coefficient (Wildman–Crippen LogP) is 1.83. The number of ether oxygens (including phenoxy) is 1. The average Bonchev–Trinajstić information content (AvgIpc) is 2.87. The fourth-order valence-corrected chi connectivity index (χ4v) is 2.55. The molecule has 0 aromatic heterocycles. The quantitative estimate of drug-likeness (QED) is 0.640. The number of hydrogen-bond donors (Lipinski definition) is 0. The first-order valence-corrected chi connectivity index (χ1v) is 5.89. The number of fused-ring (bicyclic) bond motifs is 1. The van der Waals surface area contributed by atoms with Crippen LogP contribution in [0.2, 0.25) is 0 Å². The molecule has 1 saturated heterocycles. The summed E-state index contributed by atoms with van der Waals surface area (Å²) >= 11 is 0. The number of likely N-dealkylation sites (tertiary alicyclic amines) is 1. The Labute approximate surface area is 95.9 Å². The number of carbonyl (C=O) groups is 2. The lowest BCUT2D eigenvalue weighted by Gasteiger charge is -2.29. The van der Waals surface area contributed by atoms with Gasteiger partial charge in [0.15, 0.2) is 0 Å². The summed E-state index contributed by atoms with van der Waals surface area (Å²) in [5.74, 6) is 0.439. The lowest BCUT2D eigenvalue weighted by molar-refractivity contribution is -0.109. The zero-order chi connectivity index (χ0) is 11.9. The van der Waals surface area contributed by atoms with E-state index in [1.165, 1.54) is 0 Å². The zero-order valence-corrected chi connectivity index (χ0v) is 10.1. The first kappa shape index (κ1) is 11.4. The van der Waals surface area contributed by atoms with Crippen LogP contribution in [-0.4, -0.2) is 35.5 Å². The Hall–Kier alpha value is -1.06. The number of rotatable bonds is 1. The Balaban J connectivity index is 1.99. The van der Waals surface area contributed by atoms with E-state index in [1.54, 1.807) is 4.90 Å². The summed E-state index contributed by atoms with van der Waals surface area (Å²) in [6.07, 6.45) is 2.75. The maximum Gasteiger partial charge on any atom is 0.410 e. The van der Waals surface area contributed by atoms with Crippen molar-refractivity contribution in [2.45, 2.75) is 45.3 Å². The summed E-state index contributed by atoms with van der Waals surface area (Å²) in [6.45, 7) is 6.30. The third-order valence-electron chi connectivity index (χ3n) is 3.27. The zero-order valence-electron chi connectivity index (χ0n) is 10.1. The maximum absolute atomic E-state index is 11.9. The molecule has 4 nitrogen and oxygen atoms in total. The molecule has 1 amide bonds. The van der Waals surface area contributed by atoms with Crippen molar-refractivity contribution < 1.29 is 14.3 Å². The van der Waals surface area contributed by atoms with Crippen LogP contribution in [0, 0.1) is 11.8 Å². The summed E-state index contributed by atoms with van der Waals surface area (Å²) in [5.41, 5.74) is -0.463. The van der Waals surface area contributed by atoms with Gasteiger partial charge in [-0.3, -0.25) is 0 Å². The molecule has 16 heavy (non-hydrogen) atoms. The fourth-order valence-electron chi connectivity index (χ4n) is 2.55. The van der Waals surface area contributed by atoms with Crippen LogP contribution >= 0.6 is 0 Å². The minimum Gasteiger partial charge on any atom is -0.444 e. The molecule has 3 atom stereocenters. The predicted molar refractivity (Wildman–Crippen MR) is 59.0 cm³/mol. The van der Waals surface area contributed by atoms with Crippen molar-refractivity contribution in [1.29, 1.82) is 0 Å². The first-order chi connectivity index (χ1) is 7.44. The molecule has 1 saturated carbocycles. The van der Waals surface area contributed by atoms with E-state index >= 15 is 0 Å². The second-order valence-corrected chi connectivity index (χ2v) is 5.68. The van der Waals surface area contributed by atoms with E-state index in [2.05, 4.69) is 0 Å². The monoisotopic (exact) mass is 225 g/mol. The standard InChI is InChI=1S/C12H19NO3/c1-12(2,3)16-11(15)13-6-4-5-8-9(7-14)10(8)13/h7-10H,4-6H2,1-3H3/t8-,9?,10-/m1/s1. The van der Waals surface area contributed by atoms with E-state index in [9.17, 15) is 9.59 Å². The van der Waals surface area contributed by atoms with Crippen molar-refractivity contribution in [2.24, 2.45) is 11.8 Å². The van der Waals surface area contributed by atoms with E-state index < -0.39 is 5.60 Å². The van der Waals surface area contributed by atoms with Crippen molar-refractivity contribution in [3.05, 3.63) is 0 Å². The highest BCUT2D eigenvalue weighted by atomic mass is 16.6. The summed E-state index contributed by atoms with van der Waals surface area (Å²) in [4.78, 5) is 24.4. The van der Waals surface area contributed by atoms with E-state index in [0.29, 0.717) is 5.92 Å². The molecule has 4 heteroatoms. The van der Waals surface area contributed by atoms with Crippen LogP contribution in [0.5, 0.6) is 0 Å². The first-order valence-electron chi connectivity index (χ1n) is 5.89. The SMILES string of the molecule is CC(C)(C)OC(=O)N1CCC[C@@H]2C(C=O)[C@@H]21. The molecular formula is C12H19NO3. The lowest BCUT2D eigenvalue weighted by atomic mass is 10.1. The van der Waals surface area contributed by atoms with Gasteiger partial charge in [-0.1, -0.05) is 0 Å². The van der Waals surface area contributed by atoms with Gasteiger partial charge in [0.05, 0.1) is 0 Å². The van der Waals surface area contributed by atoms with Crippen molar-refractivity contribution >= 4 is 12.4 Å².